The molecule has 6 heteroatoms. The largest absolute Gasteiger partial charge is 0.366 e. The molecule has 110 valence electrons. The Morgan fingerprint density at radius 1 is 1.27 bits per heavy atom. The smallest absolute Gasteiger partial charge is 0.265 e. The molecule has 1 heterocycles. The molecule has 1 aromatic heterocycles. The number of para-hydroxylation sites is 1. The summed E-state index contributed by atoms with van der Waals surface area (Å²) in [6.07, 6.45) is 1.44. The second-order valence-corrected chi connectivity index (χ2v) is 6.17. The molecule has 0 radical (unpaired) electrons. The molecule has 0 bridgehead atoms. The van der Waals surface area contributed by atoms with Crippen molar-refractivity contribution in [2.45, 2.75) is 6.92 Å². The Morgan fingerprint density at radius 2 is 2.00 bits per heavy atom. The second-order valence-electron chi connectivity index (χ2n) is 4.92. The normalized spacial score (nSPS) is 10.8. The van der Waals surface area contributed by atoms with Crippen LogP contribution in [0.5, 0.6) is 0 Å². The van der Waals surface area contributed by atoms with Gasteiger partial charge in [-0.15, -0.1) is 0 Å². The van der Waals surface area contributed by atoms with Gasteiger partial charge in [-0.1, -0.05) is 18.2 Å². The second kappa shape index (κ2) is 5.53. The number of aryl methyl sites for hydroxylation is 1. The minimum Gasteiger partial charge on any atom is -0.366 e. The lowest BCUT2D eigenvalue weighted by atomic mass is 10.1. The Kier molecular flexibility index (Phi) is 3.69. The third kappa shape index (κ3) is 2.39. The maximum Gasteiger partial charge on any atom is 0.265 e. The van der Waals surface area contributed by atoms with Crippen LogP contribution in [0.25, 0.3) is 16.6 Å². The Balaban J connectivity index is 2.39. The highest BCUT2D eigenvalue weighted by molar-refractivity contribution is 14.1. The van der Waals surface area contributed by atoms with Gasteiger partial charge in [-0.2, -0.15) is 0 Å². The number of rotatable bonds is 2. The van der Waals surface area contributed by atoms with Crippen molar-refractivity contribution in [1.82, 2.24) is 9.55 Å². The predicted molar refractivity (Wildman–Crippen MR) is 93.3 cm³/mol. The topological polar surface area (TPSA) is 78.0 Å². The Bertz CT molecular complexity index is 963. The maximum atomic E-state index is 12.8. The molecule has 1 amide bonds. The molecule has 0 spiro atoms. The van der Waals surface area contributed by atoms with Crippen molar-refractivity contribution in [3.63, 3.8) is 0 Å². The van der Waals surface area contributed by atoms with Crippen molar-refractivity contribution < 1.29 is 4.79 Å². The number of carbonyl (C=O) groups is 1. The quantitative estimate of drug-likeness (QED) is 0.666. The van der Waals surface area contributed by atoms with Gasteiger partial charge in [-0.05, 0) is 53.3 Å². The zero-order chi connectivity index (χ0) is 15.9. The van der Waals surface area contributed by atoms with Gasteiger partial charge in [0, 0.05) is 3.57 Å². The number of fused-ring (bicyclic) bond motifs is 1. The number of nitrogens with zero attached hydrogens (tertiary/aromatic N) is 2. The Morgan fingerprint density at radius 3 is 2.68 bits per heavy atom. The van der Waals surface area contributed by atoms with E-state index in [-0.39, 0.29) is 11.1 Å². The van der Waals surface area contributed by atoms with Gasteiger partial charge in [-0.3, -0.25) is 14.2 Å². The summed E-state index contributed by atoms with van der Waals surface area (Å²) in [4.78, 5) is 28.6. The first kappa shape index (κ1) is 14.7. The van der Waals surface area contributed by atoms with Crippen LogP contribution >= 0.6 is 22.6 Å². The van der Waals surface area contributed by atoms with Crippen LogP contribution in [0.3, 0.4) is 0 Å². The van der Waals surface area contributed by atoms with Crippen LogP contribution in [-0.4, -0.2) is 15.5 Å². The van der Waals surface area contributed by atoms with Gasteiger partial charge in [0.25, 0.3) is 11.5 Å². The van der Waals surface area contributed by atoms with Crippen LogP contribution in [0.4, 0.5) is 0 Å². The minimum atomic E-state index is -0.593. The molecule has 3 rings (SSSR count). The summed E-state index contributed by atoms with van der Waals surface area (Å²) in [6.45, 7) is 1.93. The molecular formula is C16H12IN3O2. The van der Waals surface area contributed by atoms with E-state index in [1.807, 2.05) is 31.2 Å². The molecule has 0 aliphatic rings. The van der Waals surface area contributed by atoms with Crippen LogP contribution in [-0.2, 0) is 0 Å². The van der Waals surface area contributed by atoms with Gasteiger partial charge < -0.3 is 5.73 Å². The number of benzene rings is 2. The van der Waals surface area contributed by atoms with Crippen molar-refractivity contribution >= 4 is 39.4 Å². The van der Waals surface area contributed by atoms with E-state index in [1.165, 1.54) is 10.9 Å². The lowest BCUT2D eigenvalue weighted by Crippen LogP contribution is -2.22. The number of hydrogen-bond donors (Lipinski definition) is 1. The van der Waals surface area contributed by atoms with E-state index < -0.39 is 5.91 Å². The van der Waals surface area contributed by atoms with E-state index in [2.05, 4.69) is 27.6 Å². The van der Waals surface area contributed by atoms with Crippen LogP contribution in [0.2, 0.25) is 0 Å². The number of amides is 1. The number of carbonyl (C=O) groups excluding carboxylic acids is 1. The van der Waals surface area contributed by atoms with Gasteiger partial charge in [0.15, 0.2) is 0 Å². The van der Waals surface area contributed by atoms with Crippen LogP contribution in [0, 0.1) is 10.5 Å². The van der Waals surface area contributed by atoms with E-state index >= 15 is 0 Å². The van der Waals surface area contributed by atoms with Crippen molar-refractivity contribution in [2.75, 3.05) is 0 Å². The molecule has 0 saturated carbocycles. The van der Waals surface area contributed by atoms with E-state index in [0.29, 0.717) is 10.9 Å². The number of nitrogens with two attached hydrogens (primary N) is 1. The van der Waals surface area contributed by atoms with Gasteiger partial charge >= 0.3 is 0 Å². The van der Waals surface area contributed by atoms with E-state index in [4.69, 9.17) is 5.73 Å². The number of primary amides is 1. The first-order chi connectivity index (χ1) is 10.5. The molecule has 0 unspecified atom stereocenters. The number of aromatic nitrogens is 2. The lowest BCUT2D eigenvalue weighted by Gasteiger charge is -2.10. The summed E-state index contributed by atoms with van der Waals surface area (Å²) in [5.74, 6) is -0.593. The van der Waals surface area contributed by atoms with Crippen molar-refractivity contribution in [1.29, 1.82) is 0 Å². The van der Waals surface area contributed by atoms with Gasteiger partial charge in [-0.25, -0.2) is 4.98 Å². The predicted octanol–water partition coefficient (Wildman–Crippen LogP) is 2.40. The van der Waals surface area contributed by atoms with E-state index in [9.17, 15) is 9.59 Å². The molecule has 22 heavy (non-hydrogen) atoms. The zero-order valence-electron chi connectivity index (χ0n) is 11.7. The molecule has 2 aromatic carbocycles. The fourth-order valence-electron chi connectivity index (χ4n) is 2.39. The third-order valence-corrected chi connectivity index (χ3v) is 4.09. The van der Waals surface area contributed by atoms with Gasteiger partial charge in [0.2, 0.25) is 0 Å². The number of hydrogen-bond acceptors (Lipinski definition) is 3. The molecule has 0 atom stereocenters. The summed E-state index contributed by atoms with van der Waals surface area (Å²) in [5, 5.41) is 0.381. The summed E-state index contributed by atoms with van der Waals surface area (Å²) >= 11 is 2.05. The molecule has 0 aliphatic carbocycles. The average Bonchev–Trinajstić information content (AvgIpc) is 2.48. The van der Waals surface area contributed by atoms with Crippen molar-refractivity contribution in [3.05, 3.63) is 67.8 Å². The Hall–Kier alpha value is -2.22. The highest BCUT2D eigenvalue weighted by Gasteiger charge is 2.14. The first-order valence-corrected chi connectivity index (χ1v) is 7.63. The molecule has 0 fully saturated rings. The van der Waals surface area contributed by atoms with Crippen molar-refractivity contribution in [3.8, 4) is 5.69 Å². The molecular weight excluding hydrogens is 393 g/mol. The molecule has 2 N–H and O–H groups in total. The monoisotopic (exact) mass is 405 g/mol. The third-order valence-electron chi connectivity index (χ3n) is 3.47. The fourth-order valence-corrected chi connectivity index (χ4v) is 3.01. The average molecular weight is 405 g/mol. The molecule has 5 nitrogen and oxygen atoms in total. The van der Waals surface area contributed by atoms with E-state index in [1.54, 1.807) is 12.1 Å². The molecule has 0 aliphatic heterocycles. The number of halogens is 1. The standard InChI is InChI=1S/C16H12IN3O2/c1-9-4-2-3-5-13(9)20-8-19-14-11(15(18)21)6-10(17)7-12(14)16(20)22/h2-8H,1H3,(H2,18,21). The lowest BCUT2D eigenvalue weighted by molar-refractivity contribution is 0.100. The minimum absolute atomic E-state index is 0.222. The van der Waals surface area contributed by atoms with Crippen molar-refractivity contribution in [2.24, 2.45) is 5.73 Å². The summed E-state index contributed by atoms with van der Waals surface area (Å²) in [6, 6.07) is 10.9. The SMILES string of the molecule is Cc1ccccc1-n1cnc2c(C(N)=O)cc(I)cc2c1=O. The summed E-state index contributed by atoms with van der Waals surface area (Å²) in [5.41, 5.74) is 7.48. The summed E-state index contributed by atoms with van der Waals surface area (Å²) in [7, 11) is 0. The van der Waals surface area contributed by atoms with E-state index in [0.717, 1.165) is 14.8 Å². The van der Waals surface area contributed by atoms with Crippen LogP contribution < -0.4 is 11.3 Å². The highest BCUT2D eigenvalue weighted by atomic mass is 127. The Labute approximate surface area is 139 Å². The molecule has 0 saturated heterocycles. The first-order valence-electron chi connectivity index (χ1n) is 6.56. The van der Waals surface area contributed by atoms with Gasteiger partial charge in [0.1, 0.15) is 6.33 Å². The van der Waals surface area contributed by atoms with Gasteiger partial charge in [0.05, 0.1) is 22.2 Å². The summed E-state index contributed by atoms with van der Waals surface area (Å²) < 4.78 is 2.25. The zero-order valence-corrected chi connectivity index (χ0v) is 13.9. The fraction of sp³-hybridized carbons (Fsp3) is 0.0625. The van der Waals surface area contributed by atoms with Crippen LogP contribution in [0.1, 0.15) is 15.9 Å². The molecule has 3 aromatic rings. The van der Waals surface area contributed by atoms with Crippen LogP contribution in [0.15, 0.2) is 47.5 Å². The maximum absolute atomic E-state index is 12.8. The highest BCUT2D eigenvalue weighted by Crippen LogP contribution is 2.19.